The number of hydrogen-bond acceptors (Lipinski definition) is 4. The molecule has 1 heterocycles. The van der Waals surface area contributed by atoms with Crippen LogP contribution in [0.2, 0.25) is 5.02 Å². The summed E-state index contributed by atoms with van der Waals surface area (Å²) < 4.78 is 19.5. The van der Waals surface area contributed by atoms with E-state index in [0.717, 1.165) is 0 Å². The third kappa shape index (κ3) is 2.98. The van der Waals surface area contributed by atoms with Crippen LogP contribution in [0, 0.1) is 5.82 Å². The highest BCUT2D eigenvalue weighted by Gasteiger charge is 2.18. The number of halogens is 2. The van der Waals surface area contributed by atoms with Gasteiger partial charge in [0.25, 0.3) is 0 Å². The first-order valence-electron chi connectivity index (χ1n) is 7.16. The molecule has 0 atom stereocenters. The van der Waals surface area contributed by atoms with E-state index in [0.29, 0.717) is 22.0 Å². The van der Waals surface area contributed by atoms with Gasteiger partial charge in [0.15, 0.2) is 5.69 Å². The van der Waals surface area contributed by atoms with Crippen molar-refractivity contribution in [1.29, 1.82) is 0 Å². The van der Waals surface area contributed by atoms with Crippen LogP contribution < -0.4 is 0 Å². The number of aromatic nitrogens is 2. The molecule has 24 heavy (non-hydrogen) atoms. The Morgan fingerprint density at radius 3 is 2.79 bits per heavy atom. The average molecular weight is 349 g/mol. The lowest BCUT2D eigenvalue weighted by Gasteiger charge is -2.07. The van der Waals surface area contributed by atoms with Crippen LogP contribution in [0.4, 0.5) is 4.39 Å². The molecule has 2 aromatic carbocycles. The number of ether oxygens (including phenoxy) is 1. The van der Waals surface area contributed by atoms with Gasteiger partial charge in [-0.2, -0.15) is 5.10 Å². The Labute approximate surface area is 142 Å². The summed E-state index contributed by atoms with van der Waals surface area (Å²) in [6.45, 7) is 0.119. The average Bonchev–Trinajstić information content (AvgIpc) is 2.94. The Balaban J connectivity index is 2.13. The van der Waals surface area contributed by atoms with Crippen molar-refractivity contribution < 1.29 is 19.0 Å². The summed E-state index contributed by atoms with van der Waals surface area (Å²) in [5.41, 5.74) is 2.18. The van der Waals surface area contributed by atoms with E-state index >= 15 is 0 Å². The molecule has 0 spiro atoms. The van der Waals surface area contributed by atoms with E-state index < -0.39 is 11.8 Å². The minimum atomic E-state index is -0.555. The lowest BCUT2D eigenvalue weighted by molar-refractivity contribution is 0.0595. The van der Waals surface area contributed by atoms with Gasteiger partial charge in [0, 0.05) is 10.4 Å². The zero-order valence-electron chi connectivity index (χ0n) is 12.8. The molecule has 1 N–H and O–H groups in total. The molecule has 0 radical (unpaired) electrons. The van der Waals surface area contributed by atoms with Gasteiger partial charge < -0.3 is 9.84 Å². The number of hydrogen-bond donors (Lipinski definition) is 1. The fourth-order valence-corrected chi connectivity index (χ4v) is 2.72. The molecular formula is C17H14ClFN2O3. The van der Waals surface area contributed by atoms with Crippen molar-refractivity contribution in [2.75, 3.05) is 7.11 Å². The molecule has 0 aliphatic carbocycles. The van der Waals surface area contributed by atoms with Crippen molar-refractivity contribution in [2.24, 2.45) is 0 Å². The molecular weight excluding hydrogens is 335 g/mol. The van der Waals surface area contributed by atoms with Crippen molar-refractivity contribution in [3.8, 4) is 0 Å². The smallest absolute Gasteiger partial charge is 0.359 e. The molecule has 0 unspecified atom stereocenters. The standard InChI is InChI=1S/C17H14ClFN2O3/c1-24-17(23)16-13-5-2-10(9-22)6-15(13)21(20-16)8-11-3-4-12(19)7-14(11)18/h2-7,22H,8-9H2,1H3. The lowest BCUT2D eigenvalue weighted by atomic mass is 10.1. The maximum absolute atomic E-state index is 13.2. The highest BCUT2D eigenvalue weighted by molar-refractivity contribution is 6.31. The van der Waals surface area contributed by atoms with Gasteiger partial charge in [0.2, 0.25) is 0 Å². The van der Waals surface area contributed by atoms with E-state index in [1.807, 2.05) is 0 Å². The Kier molecular flexibility index (Phi) is 4.51. The number of esters is 1. The number of aliphatic hydroxyl groups is 1. The largest absolute Gasteiger partial charge is 0.464 e. The molecule has 1 aromatic heterocycles. The summed E-state index contributed by atoms with van der Waals surface area (Å²) in [4.78, 5) is 11.9. The monoisotopic (exact) mass is 348 g/mol. The van der Waals surface area contributed by atoms with E-state index in [1.165, 1.54) is 19.2 Å². The quantitative estimate of drug-likeness (QED) is 0.736. The number of carbonyl (C=O) groups excluding carboxylic acids is 1. The molecule has 3 aromatic rings. The number of carbonyl (C=O) groups is 1. The third-order valence-electron chi connectivity index (χ3n) is 3.71. The van der Waals surface area contributed by atoms with Crippen LogP contribution >= 0.6 is 11.6 Å². The van der Waals surface area contributed by atoms with Crippen LogP contribution in [0.1, 0.15) is 21.6 Å². The van der Waals surface area contributed by atoms with E-state index in [1.54, 1.807) is 28.9 Å². The summed E-state index contributed by atoms with van der Waals surface area (Å²) >= 11 is 6.07. The Morgan fingerprint density at radius 1 is 1.33 bits per heavy atom. The van der Waals surface area contributed by atoms with Gasteiger partial charge in [-0.15, -0.1) is 0 Å². The molecule has 0 fully saturated rings. The Morgan fingerprint density at radius 2 is 2.12 bits per heavy atom. The molecule has 0 saturated heterocycles. The van der Waals surface area contributed by atoms with E-state index in [4.69, 9.17) is 16.3 Å². The number of rotatable bonds is 4. The first-order chi connectivity index (χ1) is 11.5. The number of methoxy groups -OCH3 is 1. The molecule has 0 aliphatic heterocycles. The van der Waals surface area contributed by atoms with Gasteiger partial charge in [-0.1, -0.05) is 23.7 Å². The number of nitrogens with zero attached hydrogens (tertiary/aromatic N) is 2. The minimum Gasteiger partial charge on any atom is -0.464 e. The van der Waals surface area contributed by atoms with E-state index in [-0.39, 0.29) is 23.9 Å². The number of benzene rings is 2. The minimum absolute atomic E-state index is 0.133. The SMILES string of the molecule is COC(=O)c1nn(Cc2ccc(F)cc2Cl)c2cc(CO)ccc12. The first kappa shape index (κ1) is 16.4. The van der Waals surface area contributed by atoms with Crippen molar-refractivity contribution >= 4 is 28.5 Å². The second kappa shape index (κ2) is 6.59. The zero-order valence-corrected chi connectivity index (χ0v) is 13.5. The summed E-state index contributed by atoms with van der Waals surface area (Å²) in [5, 5.41) is 14.5. The predicted molar refractivity (Wildman–Crippen MR) is 87.5 cm³/mol. The van der Waals surface area contributed by atoms with Crippen molar-refractivity contribution in [3.63, 3.8) is 0 Å². The second-order valence-electron chi connectivity index (χ2n) is 5.24. The van der Waals surface area contributed by atoms with Crippen molar-refractivity contribution in [2.45, 2.75) is 13.2 Å². The van der Waals surface area contributed by atoms with Gasteiger partial charge in [0.1, 0.15) is 5.82 Å². The highest BCUT2D eigenvalue weighted by atomic mass is 35.5. The molecule has 5 nitrogen and oxygen atoms in total. The summed E-state index contributed by atoms with van der Waals surface area (Å²) in [6, 6.07) is 9.27. The normalized spacial score (nSPS) is 11.0. The fraction of sp³-hybridized carbons (Fsp3) is 0.176. The maximum Gasteiger partial charge on any atom is 0.359 e. The molecule has 0 aliphatic rings. The summed E-state index contributed by atoms with van der Waals surface area (Å²) in [6.07, 6.45) is 0. The third-order valence-corrected chi connectivity index (χ3v) is 4.06. The molecule has 3 rings (SSSR count). The predicted octanol–water partition coefficient (Wildman–Crippen LogP) is 3.16. The van der Waals surface area contributed by atoms with Gasteiger partial charge in [0.05, 0.1) is 25.8 Å². The highest BCUT2D eigenvalue weighted by Crippen LogP contribution is 2.24. The molecule has 0 saturated carbocycles. The van der Waals surface area contributed by atoms with Gasteiger partial charge in [-0.3, -0.25) is 4.68 Å². The maximum atomic E-state index is 13.2. The van der Waals surface area contributed by atoms with Crippen LogP contribution in [0.25, 0.3) is 10.9 Å². The topological polar surface area (TPSA) is 64.3 Å². The van der Waals surface area contributed by atoms with Crippen molar-refractivity contribution in [1.82, 2.24) is 9.78 Å². The van der Waals surface area contributed by atoms with Crippen LogP contribution in [0.5, 0.6) is 0 Å². The first-order valence-corrected chi connectivity index (χ1v) is 7.54. The Hall–Kier alpha value is -2.44. The fourth-order valence-electron chi connectivity index (χ4n) is 2.50. The second-order valence-corrected chi connectivity index (χ2v) is 5.65. The van der Waals surface area contributed by atoms with E-state index in [2.05, 4.69) is 5.10 Å². The van der Waals surface area contributed by atoms with Crippen LogP contribution in [-0.4, -0.2) is 28.0 Å². The van der Waals surface area contributed by atoms with E-state index in [9.17, 15) is 14.3 Å². The van der Waals surface area contributed by atoms with Gasteiger partial charge >= 0.3 is 5.97 Å². The Bertz CT molecular complexity index is 924. The van der Waals surface area contributed by atoms with Crippen molar-refractivity contribution in [3.05, 3.63) is 64.1 Å². The van der Waals surface area contributed by atoms with Crippen LogP contribution in [-0.2, 0) is 17.9 Å². The van der Waals surface area contributed by atoms with Crippen LogP contribution in [0.15, 0.2) is 36.4 Å². The lowest BCUT2D eigenvalue weighted by Crippen LogP contribution is -2.06. The van der Waals surface area contributed by atoms with Crippen LogP contribution in [0.3, 0.4) is 0 Å². The number of fused-ring (bicyclic) bond motifs is 1. The molecule has 124 valence electrons. The zero-order chi connectivity index (χ0) is 17.3. The number of aliphatic hydroxyl groups excluding tert-OH is 1. The summed E-state index contributed by atoms with van der Waals surface area (Å²) in [5.74, 6) is -0.979. The molecule has 0 amide bonds. The molecule has 0 bridgehead atoms. The van der Waals surface area contributed by atoms with Gasteiger partial charge in [-0.05, 0) is 35.4 Å². The molecule has 7 heteroatoms. The summed E-state index contributed by atoms with van der Waals surface area (Å²) in [7, 11) is 1.28. The van der Waals surface area contributed by atoms with Gasteiger partial charge in [-0.25, -0.2) is 9.18 Å².